The molecule has 0 saturated heterocycles. The fraction of sp³-hybridized carbons (Fsp3) is 0.850. The minimum atomic E-state index is -1.75. The van der Waals surface area contributed by atoms with Gasteiger partial charge >= 0.3 is 0 Å². The first-order valence-electron chi connectivity index (χ1n) is 10.4. The van der Waals surface area contributed by atoms with E-state index in [1.165, 1.54) is 96.4 Å². The lowest BCUT2D eigenvalue weighted by Crippen LogP contribution is -2.30. The third-order valence-corrected chi connectivity index (χ3v) is 4.59. The second-order valence-electron chi connectivity index (χ2n) is 7.14. The molecule has 0 aliphatic carbocycles. The van der Waals surface area contributed by atoms with E-state index in [1.807, 2.05) is 0 Å². The monoisotopic (exact) mass is 369 g/mol. The molecule has 0 saturated carbocycles. The van der Waals surface area contributed by atoms with Crippen molar-refractivity contribution in [2.75, 3.05) is 0 Å². The molecule has 1 heterocycles. The summed E-state index contributed by atoms with van der Waals surface area (Å²) in [6.07, 6.45) is 26.5. The molecule has 0 N–H and O–H groups in total. The van der Waals surface area contributed by atoms with Crippen molar-refractivity contribution in [2.45, 2.75) is 103 Å². The van der Waals surface area contributed by atoms with Gasteiger partial charge in [0.25, 0.3) is 0 Å². The van der Waals surface area contributed by atoms with Gasteiger partial charge in [-0.1, -0.05) is 84.0 Å². The Hall–Kier alpha value is -1.59. The molecule has 6 nitrogen and oxygen atoms in total. The topological polar surface area (TPSA) is 75.0 Å². The Morgan fingerprint density at radius 1 is 0.808 bits per heavy atom. The van der Waals surface area contributed by atoms with Crippen LogP contribution in [-0.2, 0) is 13.6 Å². The second kappa shape index (κ2) is 18.2. The van der Waals surface area contributed by atoms with E-state index >= 15 is 0 Å². The van der Waals surface area contributed by atoms with E-state index in [-0.39, 0.29) is 0 Å². The molecular formula is C20H39N3O3. The van der Waals surface area contributed by atoms with Crippen LogP contribution in [0.5, 0.6) is 0 Å². The smallest absolute Gasteiger partial charge is 0.243 e. The predicted octanol–water partition coefficient (Wildman–Crippen LogP) is 5.55. The minimum absolute atomic E-state index is 1.18. The Balaban J connectivity index is 0.00000141. The van der Waals surface area contributed by atoms with Crippen molar-refractivity contribution in [3.05, 3.63) is 34.0 Å². The molecule has 0 aromatic carbocycles. The predicted molar refractivity (Wildman–Crippen MR) is 106 cm³/mol. The van der Waals surface area contributed by atoms with Crippen LogP contribution in [0.3, 0.4) is 0 Å². The number of rotatable bonds is 15. The van der Waals surface area contributed by atoms with Gasteiger partial charge in [-0.25, -0.2) is 9.13 Å². The molecule has 26 heavy (non-hydrogen) atoms. The summed E-state index contributed by atoms with van der Waals surface area (Å²) >= 11 is 0. The molecule has 0 aliphatic rings. The first-order valence-corrected chi connectivity index (χ1v) is 10.4. The third kappa shape index (κ3) is 18.7. The van der Waals surface area contributed by atoms with Gasteiger partial charge < -0.3 is 15.3 Å². The van der Waals surface area contributed by atoms with Crippen LogP contribution in [0, 0.1) is 15.3 Å². The minimum Gasteiger partial charge on any atom is -0.356 e. The number of unbranched alkanes of at least 4 members (excludes halogenated alkanes) is 13. The molecule has 0 spiro atoms. The van der Waals surface area contributed by atoms with E-state index in [9.17, 15) is 0 Å². The van der Waals surface area contributed by atoms with Gasteiger partial charge in [-0.05, 0) is 12.8 Å². The summed E-state index contributed by atoms with van der Waals surface area (Å²) in [5, 5.41) is 14.8. The summed E-state index contributed by atoms with van der Waals surface area (Å²) in [5.41, 5.74) is 0. The highest BCUT2D eigenvalue weighted by Gasteiger charge is 1.99. The first kappa shape index (κ1) is 24.4. The molecule has 0 atom stereocenters. The average molecular weight is 370 g/mol. The largest absolute Gasteiger partial charge is 0.356 e. The maximum absolute atomic E-state index is 8.25. The molecular weight excluding hydrogens is 330 g/mol. The molecule has 0 fully saturated rings. The quantitative estimate of drug-likeness (QED) is 0.176. The molecule has 1 aromatic heterocycles. The molecule has 6 heteroatoms. The van der Waals surface area contributed by atoms with E-state index in [0.717, 1.165) is 0 Å². The van der Waals surface area contributed by atoms with Gasteiger partial charge in [-0.3, -0.25) is 0 Å². The molecule has 0 radical (unpaired) electrons. The standard InChI is InChI=1S/C20H39N2.NO3/c1-3-4-5-6-7-8-9-10-11-12-13-14-15-16-17-22-19-18-21(2)20-22;2-1(3)4/h18-20H,3-17H2,1-2H3;/q+1;-1. The zero-order chi connectivity index (χ0) is 19.5. The second-order valence-corrected chi connectivity index (χ2v) is 7.14. The lowest BCUT2D eigenvalue weighted by molar-refractivity contribution is -0.696. The van der Waals surface area contributed by atoms with Gasteiger partial charge in [0.05, 0.1) is 18.7 Å². The number of aromatic nitrogens is 2. The summed E-state index contributed by atoms with van der Waals surface area (Å²) in [6.45, 7) is 3.47. The van der Waals surface area contributed by atoms with Gasteiger partial charge in [0.2, 0.25) is 6.33 Å². The van der Waals surface area contributed by atoms with Gasteiger partial charge in [-0.2, -0.15) is 0 Å². The van der Waals surface area contributed by atoms with Crippen LogP contribution in [0.2, 0.25) is 0 Å². The van der Waals surface area contributed by atoms with Crippen LogP contribution in [0.25, 0.3) is 0 Å². The van der Waals surface area contributed by atoms with Gasteiger partial charge in [0.15, 0.2) is 0 Å². The van der Waals surface area contributed by atoms with Gasteiger partial charge in [0, 0.05) is 0 Å². The van der Waals surface area contributed by atoms with E-state index in [2.05, 4.69) is 41.8 Å². The van der Waals surface area contributed by atoms with Crippen LogP contribution in [0.15, 0.2) is 18.7 Å². The van der Waals surface area contributed by atoms with Crippen molar-refractivity contribution < 1.29 is 9.65 Å². The molecule has 0 amide bonds. The SMILES string of the molecule is CCCCCCCCCCCCCCCC[n+]1ccn(C)c1.O=[N+]([O-])[O-]. The number of imidazole rings is 1. The Morgan fingerprint density at radius 2 is 1.19 bits per heavy atom. The summed E-state index contributed by atoms with van der Waals surface area (Å²) in [6, 6.07) is 0. The van der Waals surface area contributed by atoms with Crippen LogP contribution in [-0.4, -0.2) is 9.65 Å². The Morgan fingerprint density at radius 3 is 1.54 bits per heavy atom. The average Bonchev–Trinajstić information content (AvgIpc) is 3.00. The van der Waals surface area contributed by atoms with Crippen LogP contribution < -0.4 is 4.57 Å². The molecule has 1 aromatic rings. The van der Waals surface area contributed by atoms with E-state index in [4.69, 9.17) is 15.3 Å². The van der Waals surface area contributed by atoms with Crippen LogP contribution in [0.1, 0.15) is 96.8 Å². The van der Waals surface area contributed by atoms with Crippen molar-refractivity contribution >= 4 is 0 Å². The zero-order valence-corrected chi connectivity index (χ0v) is 16.9. The maximum Gasteiger partial charge on any atom is 0.243 e. The third-order valence-electron chi connectivity index (χ3n) is 4.59. The molecule has 0 aliphatic heterocycles. The number of nitrogens with zero attached hydrogens (tertiary/aromatic N) is 3. The van der Waals surface area contributed by atoms with Crippen molar-refractivity contribution in [1.29, 1.82) is 0 Å². The van der Waals surface area contributed by atoms with E-state index < -0.39 is 5.09 Å². The summed E-state index contributed by atoms with van der Waals surface area (Å²) in [4.78, 5) is 8.25. The Kier molecular flexibility index (Phi) is 17.1. The summed E-state index contributed by atoms with van der Waals surface area (Å²) in [7, 11) is 2.09. The number of hydrogen-bond acceptors (Lipinski definition) is 3. The zero-order valence-electron chi connectivity index (χ0n) is 16.9. The molecule has 0 unspecified atom stereocenters. The highest BCUT2D eigenvalue weighted by atomic mass is 16.9. The number of aryl methyl sites for hydroxylation is 2. The van der Waals surface area contributed by atoms with Crippen molar-refractivity contribution in [3.63, 3.8) is 0 Å². The Bertz CT molecular complexity index is 432. The maximum atomic E-state index is 8.25. The van der Waals surface area contributed by atoms with Crippen molar-refractivity contribution in [1.82, 2.24) is 4.57 Å². The van der Waals surface area contributed by atoms with Crippen molar-refractivity contribution in [3.8, 4) is 0 Å². The Labute approximate surface area is 159 Å². The summed E-state index contributed by atoms with van der Waals surface area (Å²) in [5.74, 6) is 0. The van der Waals surface area contributed by atoms with Gasteiger partial charge in [-0.15, -0.1) is 0 Å². The number of hydrogen-bond donors (Lipinski definition) is 0. The molecule has 152 valence electrons. The highest BCUT2D eigenvalue weighted by Crippen LogP contribution is 2.12. The highest BCUT2D eigenvalue weighted by molar-refractivity contribution is 4.62. The first-order chi connectivity index (χ1) is 12.6. The fourth-order valence-corrected chi connectivity index (χ4v) is 3.12. The van der Waals surface area contributed by atoms with Gasteiger partial charge in [0.1, 0.15) is 12.4 Å². The van der Waals surface area contributed by atoms with Crippen LogP contribution in [0.4, 0.5) is 0 Å². The normalized spacial score (nSPS) is 10.4. The molecule has 1 rings (SSSR count). The fourth-order valence-electron chi connectivity index (χ4n) is 3.12. The summed E-state index contributed by atoms with van der Waals surface area (Å²) < 4.78 is 4.41. The molecule has 0 bridgehead atoms. The lowest BCUT2D eigenvalue weighted by atomic mass is 10.0. The van der Waals surface area contributed by atoms with Crippen LogP contribution >= 0.6 is 0 Å². The van der Waals surface area contributed by atoms with E-state index in [1.54, 1.807) is 0 Å². The lowest BCUT2D eigenvalue weighted by Gasteiger charge is -2.03. The van der Waals surface area contributed by atoms with Crippen molar-refractivity contribution in [2.24, 2.45) is 7.05 Å². The van der Waals surface area contributed by atoms with E-state index in [0.29, 0.717) is 0 Å².